The van der Waals surface area contributed by atoms with Gasteiger partial charge in [-0.3, -0.25) is 0 Å². The largest absolute Gasteiger partial charge is 0.369 e. The van der Waals surface area contributed by atoms with E-state index in [1.807, 2.05) is 0 Å². The van der Waals surface area contributed by atoms with Crippen molar-refractivity contribution in [2.75, 3.05) is 38.6 Å². The molecule has 1 aromatic carbocycles. The summed E-state index contributed by atoms with van der Waals surface area (Å²) < 4.78 is 1.21. The van der Waals surface area contributed by atoms with Gasteiger partial charge >= 0.3 is 0 Å². The number of benzene rings is 1. The van der Waals surface area contributed by atoms with E-state index in [4.69, 9.17) is 0 Å². The lowest BCUT2D eigenvalue weighted by Crippen LogP contribution is -2.31. The zero-order valence-electron chi connectivity index (χ0n) is 12.1. The number of halogens is 1. The van der Waals surface area contributed by atoms with Gasteiger partial charge in [-0.2, -0.15) is 0 Å². The highest BCUT2D eigenvalue weighted by atomic mass is 79.9. The summed E-state index contributed by atoms with van der Waals surface area (Å²) in [5, 5.41) is 3.36. The van der Waals surface area contributed by atoms with Crippen molar-refractivity contribution in [3.05, 3.63) is 28.2 Å². The molecule has 1 N–H and O–H groups in total. The summed E-state index contributed by atoms with van der Waals surface area (Å²) in [5.41, 5.74) is 2.66. The van der Waals surface area contributed by atoms with Crippen molar-refractivity contribution >= 4 is 21.6 Å². The molecule has 1 aliphatic rings. The van der Waals surface area contributed by atoms with Gasteiger partial charge in [0.25, 0.3) is 0 Å². The number of likely N-dealkylation sites (N-methyl/N-ethyl adjacent to an activating group) is 1. The second-order valence-corrected chi connectivity index (χ2v) is 6.27. The van der Waals surface area contributed by atoms with E-state index >= 15 is 0 Å². The zero-order chi connectivity index (χ0) is 13.8. The van der Waals surface area contributed by atoms with Gasteiger partial charge in [0, 0.05) is 30.1 Å². The lowest BCUT2D eigenvalue weighted by molar-refractivity contribution is 0.315. The third kappa shape index (κ3) is 3.71. The SMILES string of the molecule is CCNCc1ccc(N2CCC(N(C)C)C2)c(Br)c1. The van der Waals surface area contributed by atoms with Crippen molar-refractivity contribution in [1.29, 1.82) is 0 Å². The number of anilines is 1. The highest BCUT2D eigenvalue weighted by Crippen LogP contribution is 2.30. The molecule has 2 rings (SSSR count). The Morgan fingerprint density at radius 1 is 1.42 bits per heavy atom. The van der Waals surface area contributed by atoms with Crippen LogP contribution >= 0.6 is 15.9 Å². The van der Waals surface area contributed by atoms with Crippen LogP contribution in [0.15, 0.2) is 22.7 Å². The van der Waals surface area contributed by atoms with Gasteiger partial charge in [-0.25, -0.2) is 0 Å². The van der Waals surface area contributed by atoms with Gasteiger partial charge in [0.1, 0.15) is 0 Å². The zero-order valence-corrected chi connectivity index (χ0v) is 13.7. The summed E-state index contributed by atoms with van der Waals surface area (Å²) in [5.74, 6) is 0. The Balaban J connectivity index is 2.05. The van der Waals surface area contributed by atoms with E-state index in [1.54, 1.807) is 0 Å². The summed E-state index contributed by atoms with van der Waals surface area (Å²) in [6.07, 6.45) is 1.25. The van der Waals surface area contributed by atoms with E-state index in [0.717, 1.165) is 26.2 Å². The summed E-state index contributed by atoms with van der Waals surface area (Å²) in [6, 6.07) is 7.38. The second kappa shape index (κ2) is 6.73. The smallest absolute Gasteiger partial charge is 0.0511 e. The average Bonchev–Trinajstić information content (AvgIpc) is 2.86. The van der Waals surface area contributed by atoms with E-state index < -0.39 is 0 Å². The highest BCUT2D eigenvalue weighted by molar-refractivity contribution is 9.10. The molecule has 4 heteroatoms. The standard InChI is InChI=1S/C15H24BrN3/c1-4-17-10-12-5-6-15(14(16)9-12)19-8-7-13(11-19)18(2)3/h5-6,9,13,17H,4,7-8,10-11H2,1-3H3. The average molecular weight is 326 g/mol. The molecule has 0 radical (unpaired) electrons. The minimum absolute atomic E-state index is 0.674. The van der Waals surface area contributed by atoms with Crippen LogP contribution in [0.2, 0.25) is 0 Å². The maximum absolute atomic E-state index is 3.72. The molecule has 0 bridgehead atoms. The molecule has 1 aliphatic heterocycles. The monoisotopic (exact) mass is 325 g/mol. The van der Waals surface area contributed by atoms with Gasteiger partial charge < -0.3 is 15.1 Å². The lowest BCUT2D eigenvalue weighted by Gasteiger charge is -2.23. The molecule has 0 aromatic heterocycles. The van der Waals surface area contributed by atoms with Crippen molar-refractivity contribution in [3.63, 3.8) is 0 Å². The molecular weight excluding hydrogens is 302 g/mol. The maximum atomic E-state index is 3.72. The van der Waals surface area contributed by atoms with Crippen LogP contribution in [-0.4, -0.2) is 44.7 Å². The molecule has 106 valence electrons. The van der Waals surface area contributed by atoms with Crippen molar-refractivity contribution in [2.24, 2.45) is 0 Å². The Morgan fingerprint density at radius 2 is 2.21 bits per heavy atom. The van der Waals surface area contributed by atoms with E-state index in [9.17, 15) is 0 Å². The summed E-state index contributed by atoms with van der Waals surface area (Å²) in [4.78, 5) is 4.80. The van der Waals surface area contributed by atoms with Crippen LogP contribution in [0.1, 0.15) is 18.9 Å². The molecule has 1 saturated heterocycles. The summed E-state index contributed by atoms with van der Waals surface area (Å²) in [7, 11) is 4.34. The minimum atomic E-state index is 0.674. The third-order valence-corrected chi connectivity index (χ3v) is 4.46. The Bertz CT molecular complexity index is 420. The van der Waals surface area contributed by atoms with Crippen LogP contribution in [0.3, 0.4) is 0 Å². The van der Waals surface area contributed by atoms with Crippen LogP contribution < -0.4 is 10.2 Å². The van der Waals surface area contributed by atoms with E-state index in [0.29, 0.717) is 6.04 Å². The maximum Gasteiger partial charge on any atom is 0.0511 e. The molecule has 0 spiro atoms. The van der Waals surface area contributed by atoms with E-state index in [-0.39, 0.29) is 0 Å². The van der Waals surface area contributed by atoms with Crippen LogP contribution in [0.5, 0.6) is 0 Å². The molecule has 0 saturated carbocycles. The number of hydrogen-bond donors (Lipinski definition) is 1. The first-order valence-corrected chi connectivity index (χ1v) is 7.81. The van der Waals surface area contributed by atoms with Gasteiger partial charge in [0.05, 0.1) is 5.69 Å². The first-order chi connectivity index (χ1) is 9.11. The number of hydrogen-bond acceptors (Lipinski definition) is 3. The fraction of sp³-hybridized carbons (Fsp3) is 0.600. The van der Waals surface area contributed by atoms with Crippen LogP contribution in [0.25, 0.3) is 0 Å². The third-order valence-electron chi connectivity index (χ3n) is 3.83. The van der Waals surface area contributed by atoms with Crippen molar-refractivity contribution < 1.29 is 0 Å². The van der Waals surface area contributed by atoms with Gasteiger partial charge in [-0.15, -0.1) is 0 Å². The summed E-state index contributed by atoms with van der Waals surface area (Å²) in [6.45, 7) is 6.35. The normalized spacial score (nSPS) is 19.4. The Morgan fingerprint density at radius 3 is 2.79 bits per heavy atom. The lowest BCUT2D eigenvalue weighted by atomic mass is 10.2. The first kappa shape index (κ1) is 14.8. The molecule has 1 heterocycles. The second-order valence-electron chi connectivity index (χ2n) is 5.42. The van der Waals surface area contributed by atoms with Gasteiger partial charge in [-0.05, 0) is 60.7 Å². The van der Waals surface area contributed by atoms with Gasteiger partial charge in [-0.1, -0.05) is 13.0 Å². The number of rotatable bonds is 5. The van der Waals surface area contributed by atoms with Crippen LogP contribution in [0.4, 0.5) is 5.69 Å². The Labute approximate surface area is 125 Å². The Kier molecular flexibility index (Phi) is 5.25. The Hall–Kier alpha value is -0.580. The molecular formula is C15H24BrN3. The molecule has 1 fully saturated rings. The van der Waals surface area contributed by atoms with Crippen molar-refractivity contribution in [1.82, 2.24) is 10.2 Å². The van der Waals surface area contributed by atoms with Crippen molar-refractivity contribution in [2.45, 2.75) is 25.9 Å². The molecule has 3 nitrogen and oxygen atoms in total. The van der Waals surface area contributed by atoms with E-state index in [1.165, 1.54) is 22.1 Å². The first-order valence-electron chi connectivity index (χ1n) is 7.02. The molecule has 1 unspecified atom stereocenters. The highest BCUT2D eigenvalue weighted by Gasteiger charge is 2.25. The fourth-order valence-electron chi connectivity index (χ4n) is 2.57. The quantitative estimate of drug-likeness (QED) is 0.898. The molecule has 0 aliphatic carbocycles. The van der Waals surface area contributed by atoms with Crippen LogP contribution in [-0.2, 0) is 6.54 Å². The topological polar surface area (TPSA) is 18.5 Å². The predicted molar refractivity (Wildman–Crippen MR) is 85.8 cm³/mol. The van der Waals surface area contributed by atoms with Gasteiger partial charge in [0.15, 0.2) is 0 Å². The fourth-order valence-corrected chi connectivity index (χ4v) is 3.25. The molecule has 19 heavy (non-hydrogen) atoms. The minimum Gasteiger partial charge on any atom is -0.369 e. The number of nitrogens with zero attached hydrogens (tertiary/aromatic N) is 2. The number of nitrogens with one attached hydrogen (secondary N) is 1. The molecule has 0 amide bonds. The summed E-state index contributed by atoms with van der Waals surface area (Å²) >= 11 is 3.72. The van der Waals surface area contributed by atoms with Crippen molar-refractivity contribution in [3.8, 4) is 0 Å². The predicted octanol–water partition coefficient (Wildman–Crippen LogP) is 2.70. The van der Waals surface area contributed by atoms with Crippen LogP contribution in [0, 0.1) is 0 Å². The van der Waals surface area contributed by atoms with Gasteiger partial charge in [0.2, 0.25) is 0 Å². The molecule has 1 aromatic rings. The van der Waals surface area contributed by atoms with E-state index in [2.05, 4.69) is 70.3 Å². The molecule has 1 atom stereocenters.